The van der Waals surface area contributed by atoms with E-state index in [4.69, 9.17) is 9.47 Å². The predicted octanol–water partition coefficient (Wildman–Crippen LogP) is 2.18. The van der Waals surface area contributed by atoms with E-state index >= 15 is 0 Å². The van der Waals surface area contributed by atoms with Crippen LogP contribution in [0.25, 0.3) is 0 Å². The third-order valence-corrected chi connectivity index (χ3v) is 4.37. The van der Waals surface area contributed by atoms with Crippen LogP contribution in [0.1, 0.15) is 52.9 Å². The van der Waals surface area contributed by atoms with Crippen molar-refractivity contribution < 1.29 is 29.0 Å². The van der Waals surface area contributed by atoms with E-state index < -0.39 is 29.0 Å². The van der Waals surface area contributed by atoms with Gasteiger partial charge in [0.2, 0.25) is 0 Å². The summed E-state index contributed by atoms with van der Waals surface area (Å²) >= 11 is 0. The average Bonchev–Trinajstić information content (AvgIpc) is 2.87. The summed E-state index contributed by atoms with van der Waals surface area (Å²) in [5, 5.41) is 9.28. The fraction of sp³-hybridized carbons (Fsp3) is 0.812. The lowest BCUT2D eigenvalue weighted by molar-refractivity contribution is -0.186. The second kappa shape index (κ2) is 6.37. The number of carbonyl (C=O) groups excluding carboxylic acids is 2. The summed E-state index contributed by atoms with van der Waals surface area (Å²) in [7, 11) is 0. The van der Waals surface area contributed by atoms with Gasteiger partial charge in [0.25, 0.3) is 0 Å². The van der Waals surface area contributed by atoms with E-state index in [2.05, 4.69) is 0 Å². The number of cyclic esters (lactones) is 1. The molecule has 0 aromatic rings. The first-order valence-corrected chi connectivity index (χ1v) is 8.06. The summed E-state index contributed by atoms with van der Waals surface area (Å²) in [6, 6.07) is -0.356. The number of nitrogens with zero attached hydrogens (tertiary/aromatic N) is 1. The molecule has 130 valence electrons. The Morgan fingerprint density at radius 2 is 2.09 bits per heavy atom. The van der Waals surface area contributed by atoms with Crippen molar-refractivity contribution in [3.63, 3.8) is 0 Å². The SMILES string of the molecule is CC(C)(C)OC(=O)C1(CC2CCCN2C(=O)O)CCCOC1=O. The van der Waals surface area contributed by atoms with E-state index in [0.717, 1.165) is 6.42 Å². The van der Waals surface area contributed by atoms with E-state index in [1.165, 1.54) is 4.90 Å². The Morgan fingerprint density at radius 3 is 2.65 bits per heavy atom. The van der Waals surface area contributed by atoms with Crippen molar-refractivity contribution in [3.8, 4) is 0 Å². The minimum absolute atomic E-state index is 0.132. The molecule has 2 atom stereocenters. The second-order valence-corrected chi connectivity index (χ2v) is 7.30. The van der Waals surface area contributed by atoms with E-state index in [1.54, 1.807) is 20.8 Å². The van der Waals surface area contributed by atoms with Gasteiger partial charge < -0.3 is 19.5 Å². The summed E-state index contributed by atoms with van der Waals surface area (Å²) in [6.07, 6.45) is 1.40. The molecule has 0 aromatic heterocycles. The molecule has 7 nitrogen and oxygen atoms in total. The minimum Gasteiger partial charge on any atom is -0.465 e. The zero-order chi connectivity index (χ0) is 17.3. The van der Waals surface area contributed by atoms with Gasteiger partial charge in [0.05, 0.1) is 6.61 Å². The van der Waals surface area contributed by atoms with Crippen molar-refractivity contribution in [2.45, 2.75) is 64.5 Å². The molecule has 0 aliphatic carbocycles. The van der Waals surface area contributed by atoms with Crippen LogP contribution in [0, 0.1) is 5.41 Å². The van der Waals surface area contributed by atoms with E-state index in [0.29, 0.717) is 25.8 Å². The molecule has 1 N–H and O–H groups in total. The maximum atomic E-state index is 12.7. The Balaban J connectivity index is 2.25. The molecule has 2 aliphatic heterocycles. The Kier molecular flexibility index (Phi) is 4.87. The highest BCUT2D eigenvalue weighted by molar-refractivity contribution is 6.00. The Morgan fingerprint density at radius 1 is 1.39 bits per heavy atom. The third-order valence-electron chi connectivity index (χ3n) is 4.37. The van der Waals surface area contributed by atoms with Crippen LogP contribution in [0.5, 0.6) is 0 Å². The van der Waals surface area contributed by atoms with Crippen LogP contribution in [0.2, 0.25) is 0 Å². The highest BCUT2D eigenvalue weighted by atomic mass is 16.6. The largest absolute Gasteiger partial charge is 0.465 e. The van der Waals surface area contributed by atoms with Crippen molar-refractivity contribution in [1.82, 2.24) is 4.90 Å². The Labute approximate surface area is 135 Å². The first-order chi connectivity index (χ1) is 10.7. The first-order valence-electron chi connectivity index (χ1n) is 8.06. The molecular formula is C16H25NO6. The van der Waals surface area contributed by atoms with Crippen LogP contribution < -0.4 is 0 Å². The van der Waals surface area contributed by atoms with E-state index in [1.807, 2.05) is 0 Å². The summed E-state index contributed by atoms with van der Waals surface area (Å²) < 4.78 is 10.6. The van der Waals surface area contributed by atoms with Gasteiger partial charge >= 0.3 is 18.0 Å². The lowest BCUT2D eigenvalue weighted by atomic mass is 9.75. The van der Waals surface area contributed by atoms with Gasteiger partial charge in [-0.1, -0.05) is 0 Å². The van der Waals surface area contributed by atoms with Crippen LogP contribution in [-0.2, 0) is 19.1 Å². The first kappa shape index (κ1) is 17.6. The van der Waals surface area contributed by atoms with Crippen LogP contribution in [0.15, 0.2) is 0 Å². The maximum Gasteiger partial charge on any atom is 0.407 e. The highest BCUT2D eigenvalue weighted by Gasteiger charge is 2.53. The molecule has 0 spiro atoms. The number of amides is 1. The normalized spacial score (nSPS) is 28.4. The molecular weight excluding hydrogens is 302 g/mol. The van der Waals surface area contributed by atoms with Gasteiger partial charge in [-0.3, -0.25) is 9.59 Å². The standard InChI is InChI=1S/C16H25NO6/c1-15(2,3)23-13(19)16(7-5-9-22-12(16)18)10-11-6-4-8-17(11)14(20)21/h11H,4-10H2,1-3H3,(H,20,21). The van der Waals surface area contributed by atoms with Gasteiger partial charge in [0, 0.05) is 12.6 Å². The molecule has 2 fully saturated rings. The molecule has 2 unspecified atom stereocenters. The van der Waals surface area contributed by atoms with Crippen LogP contribution >= 0.6 is 0 Å². The van der Waals surface area contributed by atoms with Crippen LogP contribution in [0.4, 0.5) is 4.79 Å². The van der Waals surface area contributed by atoms with Crippen molar-refractivity contribution >= 4 is 18.0 Å². The quantitative estimate of drug-likeness (QED) is 0.631. The number of ether oxygens (including phenoxy) is 2. The molecule has 0 bridgehead atoms. The molecule has 0 aromatic carbocycles. The lowest BCUT2D eigenvalue weighted by Crippen LogP contribution is -2.51. The highest BCUT2D eigenvalue weighted by Crippen LogP contribution is 2.40. The monoisotopic (exact) mass is 327 g/mol. The molecule has 0 saturated carbocycles. The zero-order valence-corrected chi connectivity index (χ0v) is 14.0. The van der Waals surface area contributed by atoms with E-state index in [-0.39, 0.29) is 19.1 Å². The number of carbonyl (C=O) groups is 3. The number of carboxylic acid groups (broad SMARTS) is 1. The second-order valence-electron chi connectivity index (χ2n) is 7.30. The van der Waals surface area contributed by atoms with Gasteiger partial charge in [-0.15, -0.1) is 0 Å². The molecule has 7 heteroatoms. The summed E-state index contributed by atoms with van der Waals surface area (Å²) in [5.41, 5.74) is -2.11. The van der Waals surface area contributed by atoms with Crippen LogP contribution in [0.3, 0.4) is 0 Å². The molecule has 2 rings (SSSR count). The summed E-state index contributed by atoms with van der Waals surface area (Å²) in [6.45, 7) is 5.94. The fourth-order valence-electron chi connectivity index (χ4n) is 3.31. The van der Waals surface area contributed by atoms with Gasteiger partial charge in [0.1, 0.15) is 5.60 Å². The van der Waals surface area contributed by atoms with Gasteiger partial charge in [-0.25, -0.2) is 4.79 Å². The Bertz CT molecular complexity index is 497. The smallest absolute Gasteiger partial charge is 0.407 e. The summed E-state index contributed by atoms with van der Waals surface area (Å²) in [5.74, 6) is -1.19. The zero-order valence-electron chi connectivity index (χ0n) is 14.0. The third kappa shape index (κ3) is 3.76. The topological polar surface area (TPSA) is 93.1 Å². The number of esters is 2. The van der Waals surface area contributed by atoms with E-state index in [9.17, 15) is 19.5 Å². The number of likely N-dealkylation sites (tertiary alicyclic amines) is 1. The minimum atomic E-state index is -1.39. The van der Waals surface area contributed by atoms with Crippen molar-refractivity contribution in [2.24, 2.45) is 5.41 Å². The predicted molar refractivity (Wildman–Crippen MR) is 80.8 cm³/mol. The van der Waals surface area contributed by atoms with Crippen molar-refractivity contribution in [3.05, 3.63) is 0 Å². The number of rotatable bonds is 3. The van der Waals surface area contributed by atoms with Gasteiger partial charge in [-0.05, 0) is 52.9 Å². The number of hydrogen-bond acceptors (Lipinski definition) is 5. The fourth-order valence-corrected chi connectivity index (χ4v) is 3.31. The van der Waals surface area contributed by atoms with Gasteiger partial charge in [0.15, 0.2) is 5.41 Å². The van der Waals surface area contributed by atoms with Crippen molar-refractivity contribution in [2.75, 3.05) is 13.2 Å². The van der Waals surface area contributed by atoms with Crippen LogP contribution in [-0.4, -0.2) is 52.8 Å². The molecule has 2 aliphatic rings. The molecule has 1 amide bonds. The molecule has 2 heterocycles. The molecule has 0 radical (unpaired) electrons. The van der Waals surface area contributed by atoms with Crippen molar-refractivity contribution in [1.29, 1.82) is 0 Å². The summed E-state index contributed by atoms with van der Waals surface area (Å²) in [4.78, 5) is 37.8. The average molecular weight is 327 g/mol. The maximum absolute atomic E-state index is 12.7. The molecule has 23 heavy (non-hydrogen) atoms. The number of hydrogen-bond donors (Lipinski definition) is 1. The Hall–Kier alpha value is -1.79. The van der Waals surface area contributed by atoms with Gasteiger partial charge in [-0.2, -0.15) is 0 Å². The lowest BCUT2D eigenvalue weighted by Gasteiger charge is -2.37. The molecule has 2 saturated heterocycles.